The third-order valence-corrected chi connectivity index (χ3v) is 4.28. The van der Waals surface area contributed by atoms with Gasteiger partial charge in [-0.3, -0.25) is 10.0 Å². The van der Waals surface area contributed by atoms with E-state index in [0.29, 0.717) is 11.1 Å². The van der Waals surface area contributed by atoms with E-state index in [1.54, 1.807) is 60.7 Å². The fraction of sp³-hybridized carbons (Fsp3) is 0.0952. The van der Waals surface area contributed by atoms with Crippen molar-refractivity contribution >= 4 is 5.91 Å². The van der Waals surface area contributed by atoms with E-state index in [9.17, 15) is 18.0 Å². The molecule has 0 aliphatic heterocycles. The van der Waals surface area contributed by atoms with Gasteiger partial charge in [0.05, 0.1) is 11.5 Å². The van der Waals surface area contributed by atoms with Gasteiger partial charge in [-0.2, -0.15) is 13.2 Å². The molecule has 3 rings (SSSR count). The SMILES string of the molecule is O=C(NO)C(c1ccccc1)c1cccc(-c2ccccc2)c1C(F)(F)F. The molecule has 1 atom stereocenters. The van der Waals surface area contributed by atoms with Gasteiger partial charge in [-0.1, -0.05) is 78.9 Å². The molecular formula is C21H16F3NO2. The Hall–Kier alpha value is -3.12. The summed E-state index contributed by atoms with van der Waals surface area (Å²) >= 11 is 0. The van der Waals surface area contributed by atoms with Crippen molar-refractivity contribution in [2.24, 2.45) is 0 Å². The molecule has 27 heavy (non-hydrogen) atoms. The van der Waals surface area contributed by atoms with Crippen LogP contribution in [0.2, 0.25) is 0 Å². The second-order valence-corrected chi connectivity index (χ2v) is 5.95. The Balaban J connectivity index is 2.29. The molecule has 0 saturated heterocycles. The number of benzene rings is 3. The average molecular weight is 371 g/mol. The molecule has 0 aliphatic rings. The summed E-state index contributed by atoms with van der Waals surface area (Å²) in [5, 5.41) is 9.13. The topological polar surface area (TPSA) is 49.3 Å². The molecule has 0 bridgehead atoms. The van der Waals surface area contributed by atoms with Crippen molar-refractivity contribution in [1.29, 1.82) is 0 Å². The number of rotatable bonds is 4. The van der Waals surface area contributed by atoms with E-state index in [0.717, 1.165) is 0 Å². The number of carbonyl (C=O) groups excluding carboxylic acids is 1. The van der Waals surface area contributed by atoms with Crippen LogP contribution in [0.1, 0.15) is 22.6 Å². The lowest BCUT2D eigenvalue weighted by Gasteiger charge is -2.23. The van der Waals surface area contributed by atoms with Crippen LogP contribution in [-0.2, 0) is 11.0 Å². The predicted molar refractivity (Wildman–Crippen MR) is 95.1 cm³/mol. The quantitative estimate of drug-likeness (QED) is 0.500. The van der Waals surface area contributed by atoms with E-state index in [1.165, 1.54) is 23.7 Å². The van der Waals surface area contributed by atoms with Crippen molar-refractivity contribution in [2.45, 2.75) is 12.1 Å². The highest BCUT2D eigenvalue weighted by Gasteiger charge is 2.40. The Kier molecular flexibility index (Phi) is 5.28. The first-order chi connectivity index (χ1) is 12.9. The minimum Gasteiger partial charge on any atom is -0.289 e. The first-order valence-corrected chi connectivity index (χ1v) is 8.18. The molecule has 6 heteroatoms. The van der Waals surface area contributed by atoms with Crippen molar-refractivity contribution in [2.75, 3.05) is 0 Å². The number of halogens is 3. The van der Waals surface area contributed by atoms with Crippen LogP contribution in [0.4, 0.5) is 13.2 Å². The van der Waals surface area contributed by atoms with Crippen molar-refractivity contribution in [1.82, 2.24) is 5.48 Å². The zero-order chi connectivity index (χ0) is 19.4. The molecule has 0 heterocycles. The van der Waals surface area contributed by atoms with Gasteiger partial charge in [-0.25, -0.2) is 5.48 Å². The van der Waals surface area contributed by atoms with E-state index >= 15 is 0 Å². The standard InChI is InChI=1S/C21H16F3NO2/c22-21(23,24)19-16(14-8-3-1-4-9-14)12-7-13-17(19)18(20(26)25-27)15-10-5-2-6-11-15/h1-13,18,27H,(H,25,26). The van der Waals surface area contributed by atoms with Crippen molar-refractivity contribution in [3.8, 4) is 11.1 Å². The summed E-state index contributed by atoms with van der Waals surface area (Å²) in [5.41, 5.74) is 1.10. The van der Waals surface area contributed by atoms with Crippen LogP contribution >= 0.6 is 0 Å². The second-order valence-electron chi connectivity index (χ2n) is 5.95. The van der Waals surface area contributed by atoms with Crippen molar-refractivity contribution in [3.05, 3.63) is 95.6 Å². The minimum absolute atomic E-state index is 0.0210. The normalized spacial score (nSPS) is 12.4. The average Bonchev–Trinajstić information content (AvgIpc) is 2.68. The molecule has 3 aromatic carbocycles. The van der Waals surface area contributed by atoms with Gasteiger partial charge in [0.1, 0.15) is 0 Å². The Bertz CT molecular complexity index is 925. The van der Waals surface area contributed by atoms with E-state index < -0.39 is 23.6 Å². The Morgan fingerprint density at radius 3 is 2.00 bits per heavy atom. The third-order valence-electron chi connectivity index (χ3n) is 4.28. The molecule has 1 amide bonds. The number of hydrogen-bond donors (Lipinski definition) is 2. The molecule has 0 fully saturated rings. The number of nitrogens with one attached hydrogen (secondary N) is 1. The molecule has 0 spiro atoms. The van der Waals surface area contributed by atoms with Crippen LogP contribution in [0.5, 0.6) is 0 Å². The minimum atomic E-state index is -4.69. The number of hydrogen-bond acceptors (Lipinski definition) is 2. The zero-order valence-corrected chi connectivity index (χ0v) is 14.1. The van der Waals surface area contributed by atoms with E-state index in [-0.39, 0.29) is 11.1 Å². The van der Waals surface area contributed by atoms with Gasteiger partial charge in [-0.05, 0) is 22.3 Å². The highest BCUT2D eigenvalue weighted by atomic mass is 19.4. The summed E-state index contributed by atoms with van der Waals surface area (Å²) in [6.07, 6.45) is -4.69. The lowest BCUT2D eigenvalue weighted by Crippen LogP contribution is -2.29. The van der Waals surface area contributed by atoms with Crippen LogP contribution in [0.25, 0.3) is 11.1 Å². The van der Waals surface area contributed by atoms with Crippen molar-refractivity contribution < 1.29 is 23.2 Å². The first-order valence-electron chi connectivity index (χ1n) is 8.18. The summed E-state index contributed by atoms with van der Waals surface area (Å²) in [4.78, 5) is 12.3. The first kappa shape index (κ1) is 18.7. The highest BCUT2D eigenvalue weighted by molar-refractivity contribution is 5.88. The molecule has 3 nitrogen and oxygen atoms in total. The molecule has 138 valence electrons. The summed E-state index contributed by atoms with van der Waals surface area (Å²) in [6, 6.07) is 20.4. The molecule has 1 unspecified atom stereocenters. The van der Waals surface area contributed by atoms with Crippen molar-refractivity contribution in [3.63, 3.8) is 0 Å². The van der Waals surface area contributed by atoms with E-state index in [4.69, 9.17) is 5.21 Å². The van der Waals surface area contributed by atoms with Crippen LogP contribution in [0.3, 0.4) is 0 Å². The Morgan fingerprint density at radius 1 is 0.852 bits per heavy atom. The third kappa shape index (κ3) is 3.85. The van der Waals surface area contributed by atoms with Gasteiger partial charge in [0, 0.05) is 0 Å². The van der Waals surface area contributed by atoms with Gasteiger partial charge < -0.3 is 0 Å². The maximum absolute atomic E-state index is 14.0. The number of carbonyl (C=O) groups is 1. The lowest BCUT2D eigenvalue weighted by molar-refractivity contribution is -0.138. The van der Waals surface area contributed by atoms with Crippen LogP contribution in [0, 0.1) is 0 Å². The van der Waals surface area contributed by atoms with Crippen LogP contribution in [-0.4, -0.2) is 11.1 Å². The number of alkyl halides is 3. The van der Waals surface area contributed by atoms with Crippen LogP contribution in [0.15, 0.2) is 78.9 Å². The molecule has 0 radical (unpaired) electrons. The highest BCUT2D eigenvalue weighted by Crippen LogP contribution is 2.43. The summed E-state index contributed by atoms with van der Waals surface area (Å²) < 4.78 is 42.1. The van der Waals surface area contributed by atoms with E-state index in [1.807, 2.05) is 0 Å². The molecule has 3 aromatic rings. The molecule has 0 aromatic heterocycles. The summed E-state index contributed by atoms with van der Waals surface area (Å²) in [6.45, 7) is 0. The van der Waals surface area contributed by atoms with Gasteiger partial charge >= 0.3 is 6.18 Å². The Morgan fingerprint density at radius 2 is 1.44 bits per heavy atom. The molecule has 0 saturated carbocycles. The van der Waals surface area contributed by atoms with Gasteiger partial charge in [0.15, 0.2) is 0 Å². The summed E-state index contributed by atoms with van der Waals surface area (Å²) in [5.74, 6) is -2.24. The fourth-order valence-corrected chi connectivity index (χ4v) is 3.17. The van der Waals surface area contributed by atoms with E-state index in [2.05, 4.69) is 0 Å². The van der Waals surface area contributed by atoms with Gasteiger partial charge in [-0.15, -0.1) is 0 Å². The molecular weight excluding hydrogens is 355 g/mol. The van der Waals surface area contributed by atoms with Crippen LogP contribution < -0.4 is 5.48 Å². The second kappa shape index (κ2) is 7.63. The van der Waals surface area contributed by atoms with Gasteiger partial charge in [0.2, 0.25) is 0 Å². The Labute approximate surface area is 154 Å². The molecule has 2 N–H and O–H groups in total. The van der Waals surface area contributed by atoms with Gasteiger partial charge in [0.25, 0.3) is 5.91 Å². The maximum Gasteiger partial charge on any atom is 0.417 e. The zero-order valence-electron chi connectivity index (χ0n) is 14.1. The molecule has 0 aliphatic carbocycles. The monoisotopic (exact) mass is 371 g/mol. The number of amides is 1. The summed E-state index contributed by atoms with van der Waals surface area (Å²) in [7, 11) is 0. The number of hydroxylamine groups is 1. The fourth-order valence-electron chi connectivity index (χ4n) is 3.17. The maximum atomic E-state index is 14.0. The predicted octanol–water partition coefficient (Wildman–Crippen LogP) is 5.01. The largest absolute Gasteiger partial charge is 0.417 e. The smallest absolute Gasteiger partial charge is 0.289 e. The lowest BCUT2D eigenvalue weighted by atomic mass is 9.84.